The Morgan fingerprint density at radius 3 is 1.43 bits per heavy atom. The van der Waals surface area contributed by atoms with Crippen molar-refractivity contribution in [3.8, 4) is 34.2 Å². The lowest BCUT2D eigenvalue weighted by molar-refractivity contribution is 0.455. The molecule has 0 aliphatic rings. The number of hydrogen-bond donors (Lipinski definition) is 0. The minimum atomic E-state index is 0.0565. The van der Waals surface area contributed by atoms with Gasteiger partial charge in [-0.05, 0) is 96.1 Å². The number of tetrazole rings is 2. The predicted molar refractivity (Wildman–Crippen MR) is 163 cm³/mol. The zero-order chi connectivity index (χ0) is 29.4. The fraction of sp³-hybridized carbons (Fsp3) is 0.231. The summed E-state index contributed by atoms with van der Waals surface area (Å²) in [5.41, 5.74) is 3.02. The second-order valence-electron chi connectivity index (χ2n) is 9.73. The van der Waals surface area contributed by atoms with Crippen molar-refractivity contribution in [1.82, 2.24) is 60.0 Å². The Balaban J connectivity index is 1.45. The molecular formula is C26H24Cl2N12S2. The molecule has 0 aliphatic carbocycles. The lowest BCUT2D eigenvalue weighted by Gasteiger charge is -2.11. The molecule has 0 amide bonds. The van der Waals surface area contributed by atoms with Crippen molar-refractivity contribution in [2.24, 2.45) is 0 Å². The molecule has 6 aromatic rings. The maximum Gasteiger partial charge on any atom is 0.209 e. The van der Waals surface area contributed by atoms with Crippen LogP contribution >= 0.6 is 44.8 Å². The molecular weight excluding hydrogens is 615 g/mol. The maximum absolute atomic E-state index is 6.35. The van der Waals surface area contributed by atoms with Crippen molar-refractivity contribution in [3.05, 3.63) is 71.0 Å². The van der Waals surface area contributed by atoms with Gasteiger partial charge in [-0.15, -0.1) is 20.4 Å². The monoisotopic (exact) mass is 638 g/mol. The zero-order valence-electron chi connectivity index (χ0n) is 22.9. The summed E-state index contributed by atoms with van der Waals surface area (Å²) < 4.78 is 3.62. The summed E-state index contributed by atoms with van der Waals surface area (Å²) in [5, 5.41) is 38.4. The van der Waals surface area contributed by atoms with E-state index in [2.05, 4.69) is 41.0 Å². The van der Waals surface area contributed by atoms with Crippen molar-refractivity contribution in [2.75, 3.05) is 0 Å². The average Bonchev–Trinajstić information content (AvgIpc) is 3.76. The molecule has 42 heavy (non-hydrogen) atoms. The number of nitrogens with zero attached hydrogens (tertiary/aromatic N) is 12. The van der Waals surface area contributed by atoms with E-state index >= 15 is 0 Å². The van der Waals surface area contributed by atoms with Gasteiger partial charge in [-0.25, -0.2) is 9.36 Å². The quantitative estimate of drug-likeness (QED) is 0.159. The van der Waals surface area contributed by atoms with E-state index in [1.807, 2.05) is 85.6 Å². The fourth-order valence-electron chi connectivity index (χ4n) is 3.91. The summed E-state index contributed by atoms with van der Waals surface area (Å²) in [6.07, 6.45) is 3.47. The predicted octanol–water partition coefficient (Wildman–Crippen LogP) is 6.63. The molecule has 0 unspecified atom stereocenters. The normalized spacial score (nSPS) is 11.7. The number of rotatable bonds is 9. The molecule has 4 heterocycles. The van der Waals surface area contributed by atoms with Crippen LogP contribution < -0.4 is 0 Å². The molecule has 0 spiro atoms. The smallest absolute Gasteiger partial charge is 0.209 e. The van der Waals surface area contributed by atoms with Crippen LogP contribution in [0.15, 0.2) is 71.0 Å². The Morgan fingerprint density at radius 1 is 0.643 bits per heavy atom. The molecule has 2 aromatic carbocycles. The maximum atomic E-state index is 6.35. The number of aromatic nitrogens is 12. The van der Waals surface area contributed by atoms with Crippen LogP contribution in [-0.4, -0.2) is 60.0 Å². The minimum Gasteiger partial charge on any atom is -0.226 e. The van der Waals surface area contributed by atoms with E-state index in [1.54, 1.807) is 22.0 Å². The highest BCUT2D eigenvalue weighted by Gasteiger charge is 2.24. The summed E-state index contributed by atoms with van der Waals surface area (Å²) >= 11 is 12.7. The molecule has 0 N–H and O–H groups in total. The Labute approximate surface area is 258 Å². The summed E-state index contributed by atoms with van der Waals surface area (Å²) in [6.45, 7) is 7.98. The fourth-order valence-corrected chi connectivity index (χ4v) is 6.78. The number of hydrogen-bond acceptors (Lipinski definition) is 10. The van der Waals surface area contributed by atoms with Crippen molar-refractivity contribution >= 4 is 44.8 Å². The van der Waals surface area contributed by atoms with Crippen LogP contribution in [0.5, 0.6) is 0 Å². The summed E-state index contributed by atoms with van der Waals surface area (Å²) in [7, 11) is 2.93. The highest BCUT2D eigenvalue weighted by Crippen LogP contribution is 2.46. The molecule has 0 radical (unpaired) electrons. The van der Waals surface area contributed by atoms with Crippen molar-refractivity contribution in [1.29, 1.82) is 0 Å². The lowest BCUT2D eigenvalue weighted by atomic mass is 10.3. The van der Waals surface area contributed by atoms with E-state index in [0.29, 0.717) is 21.7 Å². The third-order valence-corrected chi connectivity index (χ3v) is 8.87. The topological polar surface area (TPSA) is 123 Å². The SMILES string of the molecule is CC(C)n1nnc(-c2cnn(-c3cccc(Cl)c3)c2SSc2c(-c3nnn(C(C)C)n3)cnn2-c2cccc(Cl)c2)n1. The van der Waals surface area contributed by atoms with Gasteiger partial charge in [0.2, 0.25) is 11.6 Å². The number of halogens is 2. The molecule has 0 atom stereocenters. The highest BCUT2D eigenvalue weighted by molar-refractivity contribution is 8.76. The van der Waals surface area contributed by atoms with Gasteiger partial charge in [0.25, 0.3) is 0 Å². The van der Waals surface area contributed by atoms with E-state index in [9.17, 15) is 0 Å². The molecule has 16 heteroatoms. The van der Waals surface area contributed by atoms with E-state index in [4.69, 9.17) is 23.2 Å². The Hall–Kier alpha value is -3.72. The van der Waals surface area contributed by atoms with E-state index in [0.717, 1.165) is 32.6 Å². The van der Waals surface area contributed by atoms with E-state index in [1.165, 1.54) is 21.6 Å². The van der Waals surface area contributed by atoms with Crippen LogP contribution in [0.2, 0.25) is 10.0 Å². The zero-order valence-corrected chi connectivity index (χ0v) is 26.0. The van der Waals surface area contributed by atoms with Gasteiger partial charge in [-0.2, -0.15) is 19.8 Å². The molecule has 0 saturated carbocycles. The van der Waals surface area contributed by atoms with Crippen molar-refractivity contribution in [2.45, 2.75) is 49.8 Å². The Bertz CT molecular complexity index is 1720. The largest absolute Gasteiger partial charge is 0.226 e. The van der Waals surface area contributed by atoms with Crippen LogP contribution in [-0.2, 0) is 0 Å². The first-order valence-corrected chi connectivity index (χ1v) is 15.8. The van der Waals surface area contributed by atoms with Crippen LogP contribution in [0, 0.1) is 0 Å². The van der Waals surface area contributed by atoms with Crippen LogP contribution in [0.4, 0.5) is 0 Å². The minimum absolute atomic E-state index is 0.0565. The van der Waals surface area contributed by atoms with Gasteiger partial charge in [-0.3, -0.25) is 0 Å². The molecule has 6 rings (SSSR count). The second-order valence-corrected chi connectivity index (χ2v) is 12.7. The molecule has 214 valence electrons. The van der Waals surface area contributed by atoms with Gasteiger partial charge in [0, 0.05) is 10.0 Å². The molecule has 0 fully saturated rings. The van der Waals surface area contributed by atoms with Gasteiger partial charge in [-0.1, -0.05) is 35.3 Å². The van der Waals surface area contributed by atoms with Crippen LogP contribution in [0.25, 0.3) is 34.2 Å². The van der Waals surface area contributed by atoms with Gasteiger partial charge in [0.1, 0.15) is 10.1 Å². The van der Waals surface area contributed by atoms with Crippen molar-refractivity contribution < 1.29 is 0 Å². The van der Waals surface area contributed by atoms with Crippen molar-refractivity contribution in [3.63, 3.8) is 0 Å². The first kappa shape index (κ1) is 28.4. The first-order valence-electron chi connectivity index (χ1n) is 12.9. The Morgan fingerprint density at radius 2 is 1.07 bits per heavy atom. The third-order valence-electron chi connectivity index (χ3n) is 6.02. The van der Waals surface area contributed by atoms with Gasteiger partial charge < -0.3 is 0 Å². The second kappa shape index (κ2) is 11.9. The van der Waals surface area contributed by atoms with Gasteiger partial charge in [0.15, 0.2) is 0 Å². The molecule has 4 aromatic heterocycles. The third kappa shape index (κ3) is 5.67. The van der Waals surface area contributed by atoms with E-state index in [-0.39, 0.29) is 12.1 Å². The molecule has 0 bridgehead atoms. The lowest BCUT2D eigenvalue weighted by Crippen LogP contribution is -2.04. The Kier molecular flexibility index (Phi) is 8.03. The number of benzene rings is 2. The molecule has 12 nitrogen and oxygen atoms in total. The summed E-state index contributed by atoms with van der Waals surface area (Å²) in [5.74, 6) is 0.926. The first-order chi connectivity index (χ1) is 20.3. The van der Waals surface area contributed by atoms with Gasteiger partial charge >= 0.3 is 0 Å². The summed E-state index contributed by atoms with van der Waals surface area (Å²) in [4.78, 5) is 3.15. The van der Waals surface area contributed by atoms with Crippen LogP contribution in [0.1, 0.15) is 39.8 Å². The standard InChI is InChI=1S/C26H24Cl2N12S2/c1-15(2)39-33-23(31-35-39)21-13-29-37(19-9-5-7-17(27)11-19)25(21)41-42-26-22(24-32-36-40(34-24)16(3)4)14-30-38(26)20-10-6-8-18(28)12-20/h5-16H,1-4H3. The van der Waals surface area contributed by atoms with E-state index < -0.39 is 0 Å². The summed E-state index contributed by atoms with van der Waals surface area (Å²) in [6, 6.07) is 15.1. The van der Waals surface area contributed by atoms with Gasteiger partial charge in [0.05, 0.1) is 47.0 Å². The molecule has 0 saturated heterocycles. The highest BCUT2D eigenvalue weighted by atomic mass is 35.5. The average molecular weight is 640 g/mol. The molecule has 0 aliphatic heterocycles. The van der Waals surface area contributed by atoms with Crippen LogP contribution in [0.3, 0.4) is 0 Å².